The van der Waals surface area contributed by atoms with Gasteiger partial charge in [-0.2, -0.15) is 0 Å². The van der Waals surface area contributed by atoms with Crippen LogP contribution in [0.1, 0.15) is 57.3 Å². The predicted molar refractivity (Wildman–Crippen MR) is 108 cm³/mol. The van der Waals surface area contributed by atoms with Crippen molar-refractivity contribution in [2.75, 3.05) is 19.8 Å². The number of carbonyl (C=O) groups is 2. The minimum absolute atomic E-state index is 0.0320. The van der Waals surface area contributed by atoms with Crippen LogP contribution >= 0.6 is 0 Å². The van der Waals surface area contributed by atoms with Crippen LogP contribution in [0.15, 0.2) is 28.7 Å². The lowest BCUT2D eigenvalue weighted by Gasteiger charge is -2.35. The summed E-state index contributed by atoms with van der Waals surface area (Å²) in [6, 6.07) is 7.61. The Labute approximate surface area is 170 Å². The molecule has 3 fully saturated rings. The number of para-hydroxylation sites is 2. The molecule has 0 atom stereocenters. The van der Waals surface area contributed by atoms with Crippen LogP contribution in [0.2, 0.25) is 0 Å². The first-order valence-corrected chi connectivity index (χ1v) is 10.8. The molecule has 1 spiro atoms. The number of oxazole rings is 1. The summed E-state index contributed by atoms with van der Waals surface area (Å²) in [5.74, 6) is 1.68. The van der Waals surface area contributed by atoms with Gasteiger partial charge >= 0.3 is 6.03 Å². The lowest BCUT2D eigenvalue weighted by molar-refractivity contribution is -0.134. The Balaban J connectivity index is 1.20. The molecule has 2 aliphatic heterocycles. The van der Waals surface area contributed by atoms with Crippen molar-refractivity contribution < 1.29 is 14.0 Å². The molecule has 1 aromatic heterocycles. The lowest BCUT2D eigenvalue weighted by Crippen LogP contribution is -2.50. The standard InChI is InChI=1S/C22H28N4O3/c1-15-6-10-22(11-7-15)20(27)26(21(28)24-22)14-25-12-8-16(9-13-25)19-23-17-4-2-3-5-18(17)29-19/h2-5,15-16H,6-14H2,1H3,(H,24,28). The summed E-state index contributed by atoms with van der Waals surface area (Å²) < 4.78 is 5.94. The van der Waals surface area contributed by atoms with Crippen molar-refractivity contribution >= 4 is 23.0 Å². The second-order valence-electron chi connectivity index (χ2n) is 8.98. The smallest absolute Gasteiger partial charge is 0.326 e. The van der Waals surface area contributed by atoms with Crippen LogP contribution < -0.4 is 5.32 Å². The van der Waals surface area contributed by atoms with E-state index in [-0.39, 0.29) is 17.9 Å². The van der Waals surface area contributed by atoms with E-state index in [0.29, 0.717) is 12.6 Å². The maximum absolute atomic E-state index is 13.0. The van der Waals surface area contributed by atoms with Gasteiger partial charge in [0.05, 0.1) is 6.67 Å². The second-order valence-corrected chi connectivity index (χ2v) is 8.98. The van der Waals surface area contributed by atoms with Crippen LogP contribution in [0.5, 0.6) is 0 Å². The fraction of sp³-hybridized carbons (Fsp3) is 0.591. The summed E-state index contributed by atoms with van der Waals surface area (Å²) in [6.07, 6.45) is 5.34. The first kappa shape index (κ1) is 18.6. The van der Waals surface area contributed by atoms with Gasteiger partial charge in [-0.25, -0.2) is 14.7 Å². The molecule has 5 rings (SSSR count). The molecule has 2 aromatic rings. The Kier molecular flexibility index (Phi) is 4.57. The van der Waals surface area contributed by atoms with E-state index in [4.69, 9.17) is 4.42 Å². The molecule has 0 radical (unpaired) electrons. The molecule has 154 valence electrons. The summed E-state index contributed by atoms with van der Waals surface area (Å²) >= 11 is 0. The van der Waals surface area contributed by atoms with Gasteiger partial charge in [-0.1, -0.05) is 19.1 Å². The fourth-order valence-electron chi connectivity index (χ4n) is 4.98. The van der Waals surface area contributed by atoms with Crippen LogP contribution in [-0.4, -0.2) is 52.0 Å². The number of nitrogens with zero attached hydrogens (tertiary/aromatic N) is 3. The third kappa shape index (κ3) is 3.31. The molecule has 7 nitrogen and oxygen atoms in total. The van der Waals surface area contributed by atoms with Gasteiger partial charge in [-0.15, -0.1) is 0 Å². The number of aromatic nitrogens is 1. The monoisotopic (exact) mass is 396 g/mol. The highest BCUT2D eigenvalue weighted by atomic mass is 16.3. The zero-order chi connectivity index (χ0) is 20.0. The van der Waals surface area contributed by atoms with Gasteiger partial charge in [0, 0.05) is 19.0 Å². The Bertz CT molecular complexity index is 890. The molecule has 3 heterocycles. The van der Waals surface area contributed by atoms with Crippen LogP contribution in [0.4, 0.5) is 4.79 Å². The molecule has 3 amide bonds. The van der Waals surface area contributed by atoms with Gasteiger partial charge in [-0.3, -0.25) is 9.69 Å². The Morgan fingerprint density at radius 3 is 2.59 bits per heavy atom. The number of rotatable bonds is 3. The number of hydrogen-bond acceptors (Lipinski definition) is 5. The number of carbonyl (C=O) groups excluding carboxylic acids is 2. The summed E-state index contributed by atoms with van der Waals surface area (Å²) in [6.45, 7) is 4.24. The molecule has 0 unspecified atom stereocenters. The molecule has 1 aromatic carbocycles. The maximum Gasteiger partial charge on any atom is 0.326 e. The molecule has 7 heteroatoms. The van der Waals surface area contributed by atoms with Crippen molar-refractivity contribution in [1.82, 2.24) is 20.1 Å². The highest BCUT2D eigenvalue weighted by Crippen LogP contribution is 2.37. The van der Waals surface area contributed by atoms with Crippen molar-refractivity contribution in [3.05, 3.63) is 30.2 Å². The maximum atomic E-state index is 13.0. The summed E-state index contributed by atoms with van der Waals surface area (Å²) in [5, 5.41) is 3.01. The number of urea groups is 1. The summed E-state index contributed by atoms with van der Waals surface area (Å²) in [5.41, 5.74) is 1.08. The third-order valence-corrected chi connectivity index (χ3v) is 6.96. The minimum atomic E-state index is -0.653. The van der Waals surface area contributed by atoms with Crippen molar-refractivity contribution in [2.45, 2.75) is 56.9 Å². The van der Waals surface area contributed by atoms with E-state index < -0.39 is 5.54 Å². The molecule has 1 N–H and O–H groups in total. The fourth-order valence-corrected chi connectivity index (χ4v) is 4.98. The van der Waals surface area contributed by atoms with Gasteiger partial charge in [0.1, 0.15) is 11.1 Å². The molecule has 3 aliphatic rings. The SMILES string of the molecule is CC1CCC2(CC1)NC(=O)N(CN1CCC(c3nc4ccccc4o3)CC1)C2=O. The number of nitrogens with one attached hydrogen (secondary N) is 1. The number of hydrogen-bond donors (Lipinski definition) is 1. The molecular weight excluding hydrogens is 368 g/mol. The van der Waals surface area contributed by atoms with Crippen molar-refractivity contribution in [2.24, 2.45) is 5.92 Å². The number of likely N-dealkylation sites (tertiary alicyclic amines) is 1. The highest BCUT2D eigenvalue weighted by Gasteiger charge is 2.52. The second kappa shape index (κ2) is 7.13. The minimum Gasteiger partial charge on any atom is -0.440 e. The van der Waals surface area contributed by atoms with Crippen molar-refractivity contribution in [3.8, 4) is 0 Å². The zero-order valence-electron chi connectivity index (χ0n) is 16.9. The molecular formula is C22H28N4O3. The van der Waals surface area contributed by atoms with Crippen LogP contribution in [-0.2, 0) is 4.79 Å². The van der Waals surface area contributed by atoms with E-state index >= 15 is 0 Å². The van der Waals surface area contributed by atoms with Crippen LogP contribution in [0.3, 0.4) is 0 Å². The number of fused-ring (bicyclic) bond motifs is 1. The Morgan fingerprint density at radius 2 is 1.86 bits per heavy atom. The Hall–Kier alpha value is -2.41. The van der Waals surface area contributed by atoms with E-state index in [9.17, 15) is 9.59 Å². The van der Waals surface area contributed by atoms with Gasteiger partial charge in [0.2, 0.25) is 0 Å². The largest absolute Gasteiger partial charge is 0.440 e. The number of piperidine rings is 1. The van der Waals surface area contributed by atoms with E-state index in [1.807, 2.05) is 24.3 Å². The van der Waals surface area contributed by atoms with E-state index in [1.165, 1.54) is 4.90 Å². The van der Waals surface area contributed by atoms with Gasteiger partial charge < -0.3 is 9.73 Å². The van der Waals surface area contributed by atoms with Gasteiger partial charge in [-0.05, 0) is 56.6 Å². The van der Waals surface area contributed by atoms with Gasteiger partial charge in [0.25, 0.3) is 5.91 Å². The predicted octanol–water partition coefficient (Wildman–Crippen LogP) is 3.47. The van der Waals surface area contributed by atoms with Crippen molar-refractivity contribution in [1.29, 1.82) is 0 Å². The summed E-state index contributed by atoms with van der Waals surface area (Å²) in [4.78, 5) is 33.9. The Morgan fingerprint density at radius 1 is 1.14 bits per heavy atom. The quantitative estimate of drug-likeness (QED) is 0.804. The number of imide groups is 1. The molecule has 1 aliphatic carbocycles. The number of amides is 3. The van der Waals surface area contributed by atoms with E-state index in [2.05, 4.69) is 22.1 Å². The lowest BCUT2D eigenvalue weighted by atomic mass is 9.77. The average molecular weight is 396 g/mol. The van der Waals surface area contributed by atoms with Crippen LogP contribution in [0, 0.1) is 5.92 Å². The average Bonchev–Trinajstić information content (AvgIpc) is 3.26. The zero-order valence-corrected chi connectivity index (χ0v) is 16.9. The van der Waals surface area contributed by atoms with E-state index in [0.717, 1.165) is 68.6 Å². The van der Waals surface area contributed by atoms with Crippen molar-refractivity contribution in [3.63, 3.8) is 0 Å². The van der Waals surface area contributed by atoms with Gasteiger partial charge in [0.15, 0.2) is 11.5 Å². The first-order valence-electron chi connectivity index (χ1n) is 10.8. The van der Waals surface area contributed by atoms with E-state index in [1.54, 1.807) is 0 Å². The molecule has 2 saturated heterocycles. The first-order chi connectivity index (χ1) is 14.0. The third-order valence-electron chi connectivity index (χ3n) is 6.96. The topological polar surface area (TPSA) is 78.7 Å². The normalized spacial score (nSPS) is 29.1. The highest BCUT2D eigenvalue weighted by molar-refractivity contribution is 6.07. The molecule has 0 bridgehead atoms. The van der Waals surface area contributed by atoms with Crippen LogP contribution in [0.25, 0.3) is 11.1 Å². The molecule has 29 heavy (non-hydrogen) atoms. The summed E-state index contributed by atoms with van der Waals surface area (Å²) in [7, 11) is 0. The molecule has 1 saturated carbocycles. The number of benzene rings is 1.